The Morgan fingerprint density at radius 2 is 2.75 bits per heavy atom. The van der Waals surface area contributed by atoms with E-state index in [2.05, 4.69) is 5.32 Å². The minimum Gasteiger partial charge on any atom is -0.394 e. The molecule has 0 saturated carbocycles. The molecule has 8 heavy (non-hydrogen) atoms. The molecule has 1 aliphatic heterocycles. The fraction of sp³-hybridized carbons (Fsp3) is 0.600. The molecule has 3 heteroatoms. The summed E-state index contributed by atoms with van der Waals surface area (Å²) in [7, 11) is 0. The summed E-state index contributed by atoms with van der Waals surface area (Å²) in [6.07, 6.45) is 1.39. The zero-order valence-electron chi connectivity index (χ0n) is 4.39. The van der Waals surface area contributed by atoms with Gasteiger partial charge in [0.05, 0.1) is 12.6 Å². The van der Waals surface area contributed by atoms with Gasteiger partial charge in [-0.15, -0.1) is 0 Å². The molecule has 0 spiro atoms. The molecule has 0 radical (unpaired) electrons. The lowest BCUT2D eigenvalue weighted by atomic mass is 10.3. The highest BCUT2D eigenvalue weighted by Gasteiger charge is 2.11. The van der Waals surface area contributed by atoms with Crippen LogP contribution in [0.25, 0.3) is 0 Å². The third-order valence-corrected chi connectivity index (χ3v) is 1.11. The number of rotatable bonds is 1. The smallest absolute Gasteiger partial charge is 0.111 e. The fourth-order valence-corrected chi connectivity index (χ4v) is 0.682. The van der Waals surface area contributed by atoms with E-state index in [1.54, 1.807) is 0 Å². The van der Waals surface area contributed by atoms with Crippen molar-refractivity contribution in [3.05, 3.63) is 11.9 Å². The summed E-state index contributed by atoms with van der Waals surface area (Å²) in [5, 5.41) is 11.1. The zero-order chi connectivity index (χ0) is 5.98. The van der Waals surface area contributed by atoms with Crippen molar-refractivity contribution in [2.75, 3.05) is 13.2 Å². The van der Waals surface area contributed by atoms with Gasteiger partial charge in [-0.05, 0) is 6.08 Å². The Labute approximate surface area is 47.0 Å². The SMILES string of the molecule is OC[C@H]1C=C(F)CN1. The number of hydrogen-bond donors (Lipinski definition) is 2. The highest BCUT2D eigenvalue weighted by molar-refractivity contribution is 5.08. The molecule has 0 aliphatic carbocycles. The first-order chi connectivity index (χ1) is 3.83. The molecule has 1 rings (SSSR count). The highest BCUT2D eigenvalue weighted by Crippen LogP contribution is 2.04. The molecule has 0 amide bonds. The average molecular weight is 117 g/mol. The summed E-state index contributed by atoms with van der Waals surface area (Å²) in [5.74, 6) is -0.177. The Morgan fingerprint density at radius 3 is 3.00 bits per heavy atom. The predicted molar refractivity (Wildman–Crippen MR) is 28.1 cm³/mol. The van der Waals surface area contributed by atoms with Gasteiger partial charge in [-0.3, -0.25) is 0 Å². The Hall–Kier alpha value is -0.410. The standard InChI is InChI=1S/C5H8FNO/c6-4-1-5(3-8)7-2-4/h1,5,7-8H,2-3H2/t5-/m1/s1. The quantitative estimate of drug-likeness (QED) is 0.498. The molecule has 0 aromatic carbocycles. The minimum atomic E-state index is -0.177. The van der Waals surface area contributed by atoms with Gasteiger partial charge in [-0.25, -0.2) is 4.39 Å². The van der Waals surface area contributed by atoms with Crippen LogP contribution in [-0.2, 0) is 0 Å². The van der Waals surface area contributed by atoms with Crippen molar-refractivity contribution in [1.82, 2.24) is 5.32 Å². The van der Waals surface area contributed by atoms with Crippen LogP contribution in [0.4, 0.5) is 4.39 Å². The number of nitrogens with one attached hydrogen (secondary N) is 1. The van der Waals surface area contributed by atoms with Gasteiger partial charge in [-0.2, -0.15) is 0 Å². The van der Waals surface area contributed by atoms with Crippen LogP contribution in [0.1, 0.15) is 0 Å². The van der Waals surface area contributed by atoms with Gasteiger partial charge in [0.1, 0.15) is 5.83 Å². The monoisotopic (exact) mass is 117 g/mol. The lowest BCUT2D eigenvalue weighted by Gasteiger charge is -1.99. The molecule has 0 unspecified atom stereocenters. The highest BCUT2D eigenvalue weighted by atomic mass is 19.1. The molecule has 46 valence electrons. The molecule has 0 fully saturated rings. The number of aliphatic hydroxyl groups is 1. The molecule has 1 heterocycles. The van der Waals surface area contributed by atoms with Crippen LogP contribution in [0, 0.1) is 0 Å². The second kappa shape index (κ2) is 2.24. The van der Waals surface area contributed by atoms with E-state index >= 15 is 0 Å². The summed E-state index contributed by atoms with van der Waals surface area (Å²) < 4.78 is 12.0. The van der Waals surface area contributed by atoms with E-state index in [0.717, 1.165) is 0 Å². The number of aliphatic hydroxyl groups excluding tert-OH is 1. The lowest BCUT2D eigenvalue weighted by Crippen LogP contribution is -2.25. The van der Waals surface area contributed by atoms with E-state index in [0.29, 0.717) is 0 Å². The maximum atomic E-state index is 12.0. The molecule has 0 aromatic heterocycles. The maximum Gasteiger partial charge on any atom is 0.111 e. The van der Waals surface area contributed by atoms with Crippen LogP contribution >= 0.6 is 0 Å². The predicted octanol–water partition coefficient (Wildman–Crippen LogP) is -0.196. The van der Waals surface area contributed by atoms with Gasteiger partial charge in [0.15, 0.2) is 0 Å². The minimum absolute atomic E-state index is 0.0204. The fourth-order valence-electron chi connectivity index (χ4n) is 0.682. The van der Waals surface area contributed by atoms with Crippen LogP contribution in [-0.4, -0.2) is 24.3 Å². The Kier molecular flexibility index (Phi) is 1.60. The normalized spacial score (nSPS) is 28.2. The summed E-state index contributed by atoms with van der Waals surface area (Å²) in [5.41, 5.74) is 0. The van der Waals surface area contributed by atoms with E-state index in [9.17, 15) is 4.39 Å². The second-order valence-corrected chi connectivity index (χ2v) is 1.78. The van der Waals surface area contributed by atoms with Gasteiger partial charge in [0.25, 0.3) is 0 Å². The van der Waals surface area contributed by atoms with E-state index in [1.807, 2.05) is 0 Å². The van der Waals surface area contributed by atoms with E-state index in [4.69, 9.17) is 5.11 Å². The third-order valence-electron chi connectivity index (χ3n) is 1.11. The first-order valence-corrected chi connectivity index (χ1v) is 2.53. The van der Waals surface area contributed by atoms with Gasteiger partial charge < -0.3 is 10.4 Å². The maximum absolute atomic E-state index is 12.0. The summed E-state index contributed by atoms with van der Waals surface area (Å²) in [6.45, 7) is 0.249. The van der Waals surface area contributed by atoms with Crippen molar-refractivity contribution in [2.45, 2.75) is 6.04 Å². The van der Waals surface area contributed by atoms with Crippen molar-refractivity contribution >= 4 is 0 Å². The average Bonchev–Trinajstić information content (AvgIpc) is 2.14. The van der Waals surface area contributed by atoms with Crippen molar-refractivity contribution in [3.63, 3.8) is 0 Å². The van der Waals surface area contributed by atoms with Crippen LogP contribution in [0.15, 0.2) is 11.9 Å². The van der Waals surface area contributed by atoms with Gasteiger partial charge >= 0.3 is 0 Å². The molecular weight excluding hydrogens is 109 g/mol. The zero-order valence-corrected chi connectivity index (χ0v) is 4.39. The van der Waals surface area contributed by atoms with E-state index in [-0.39, 0.29) is 25.0 Å². The first-order valence-electron chi connectivity index (χ1n) is 2.53. The van der Waals surface area contributed by atoms with E-state index < -0.39 is 0 Å². The van der Waals surface area contributed by atoms with Crippen LogP contribution in [0.2, 0.25) is 0 Å². The van der Waals surface area contributed by atoms with Gasteiger partial charge in [0, 0.05) is 6.54 Å². The lowest BCUT2D eigenvalue weighted by molar-refractivity contribution is 0.271. The Morgan fingerprint density at radius 1 is 2.00 bits per heavy atom. The van der Waals surface area contributed by atoms with Crippen LogP contribution in [0.5, 0.6) is 0 Å². The Bertz CT molecular complexity index is 113. The molecule has 0 aromatic rings. The first kappa shape index (κ1) is 5.72. The van der Waals surface area contributed by atoms with Crippen molar-refractivity contribution in [1.29, 1.82) is 0 Å². The number of hydrogen-bond acceptors (Lipinski definition) is 2. The molecule has 1 aliphatic rings. The largest absolute Gasteiger partial charge is 0.394 e. The van der Waals surface area contributed by atoms with E-state index in [1.165, 1.54) is 6.08 Å². The van der Waals surface area contributed by atoms with Gasteiger partial charge in [-0.1, -0.05) is 0 Å². The molecule has 2 nitrogen and oxygen atoms in total. The molecule has 2 N–H and O–H groups in total. The summed E-state index contributed by atoms with van der Waals surface area (Å²) in [6, 6.07) is -0.157. The number of halogens is 1. The Balaban J connectivity index is 2.41. The second-order valence-electron chi connectivity index (χ2n) is 1.78. The van der Waals surface area contributed by atoms with Crippen LogP contribution in [0.3, 0.4) is 0 Å². The third kappa shape index (κ3) is 1.05. The van der Waals surface area contributed by atoms with Crippen molar-refractivity contribution in [3.8, 4) is 0 Å². The van der Waals surface area contributed by atoms with Crippen molar-refractivity contribution in [2.24, 2.45) is 0 Å². The molecular formula is C5H8FNO. The molecule has 0 bridgehead atoms. The molecule has 1 atom stereocenters. The van der Waals surface area contributed by atoms with Crippen molar-refractivity contribution < 1.29 is 9.50 Å². The summed E-state index contributed by atoms with van der Waals surface area (Å²) in [4.78, 5) is 0. The summed E-state index contributed by atoms with van der Waals surface area (Å²) >= 11 is 0. The van der Waals surface area contributed by atoms with Gasteiger partial charge in [0.2, 0.25) is 0 Å². The molecule has 0 saturated heterocycles. The van der Waals surface area contributed by atoms with Crippen LogP contribution < -0.4 is 5.32 Å². The topological polar surface area (TPSA) is 32.3 Å².